The van der Waals surface area contributed by atoms with Gasteiger partial charge in [-0.1, -0.05) is 12.1 Å². The maximum absolute atomic E-state index is 11.6. The monoisotopic (exact) mass is 528 g/mol. The predicted octanol–water partition coefficient (Wildman–Crippen LogP) is 2.37. The number of hydrogen-bond acceptors (Lipinski definition) is 5. The number of halogens is 1. The number of thiophene rings is 1. The molecule has 1 unspecified atom stereocenters. The lowest BCUT2D eigenvalue weighted by Crippen LogP contribution is -2.42. The summed E-state index contributed by atoms with van der Waals surface area (Å²) in [5.74, 6) is 1.34. The minimum atomic E-state index is -0.226. The molecule has 1 atom stereocenters. The number of carbonyl (C=O) groups is 1. The maximum atomic E-state index is 11.6. The van der Waals surface area contributed by atoms with Gasteiger partial charge >= 0.3 is 0 Å². The number of rotatable bonds is 7. The summed E-state index contributed by atoms with van der Waals surface area (Å²) in [7, 11) is 1.77. The van der Waals surface area contributed by atoms with E-state index < -0.39 is 0 Å². The molecular weight excluding hydrogens is 499 g/mol. The number of amides is 1. The lowest BCUT2D eigenvalue weighted by molar-refractivity contribution is -0.122. The highest BCUT2D eigenvalue weighted by molar-refractivity contribution is 14.0. The Labute approximate surface area is 193 Å². The number of aromatic nitrogens is 1. The summed E-state index contributed by atoms with van der Waals surface area (Å²) in [6.07, 6.45) is 4.57. The summed E-state index contributed by atoms with van der Waals surface area (Å²) in [4.78, 5) is 24.0. The zero-order valence-corrected chi connectivity index (χ0v) is 19.8. The molecular formula is C20H29IN6OS. The zero-order chi connectivity index (χ0) is 19.8. The van der Waals surface area contributed by atoms with Crippen molar-refractivity contribution >= 4 is 53.0 Å². The smallest absolute Gasteiger partial charge is 0.222 e. The fraction of sp³-hybridized carbons (Fsp3) is 0.450. The van der Waals surface area contributed by atoms with Gasteiger partial charge in [-0.05, 0) is 36.8 Å². The van der Waals surface area contributed by atoms with E-state index in [-0.39, 0.29) is 35.8 Å². The Bertz CT molecular complexity index is 798. The van der Waals surface area contributed by atoms with Crippen LogP contribution in [0.3, 0.4) is 0 Å². The summed E-state index contributed by atoms with van der Waals surface area (Å²) in [5, 5.41) is 8.81. The van der Waals surface area contributed by atoms with Crippen LogP contribution in [0.2, 0.25) is 0 Å². The van der Waals surface area contributed by atoms with Gasteiger partial charge in [0, 0.05) is 49.9 Å². The highest BCUT2D eigenvalue weighted by Crippen LogP contribution is 2.24. The average molecular weight is 528 g/mol. The first kappa shape index (κ1) is 23.4. The van der Waals surface area contributed by atoms with Crippen molar-refractivity contribution < 1.29 is 4.79 Å². The van der Waals surface area contributed by atoms with Gasteiger partial charge in [-0.25, -0.2) is 4.98 Å². The Morgan fingerprint density at radius 1 is 1.38 bits per heavy atom. The first-order chi connectivity index (χ1) is 13.7. The second-order valence-electron chi connectivity index (χ2n) is 6.86. The fourth-order valence-electron chi connectivity index (χ4n) is 3.41. The van der Waals surface area contributed by atoms with Gasteiger partial charge < -0.3 is 21.3 Å². The van der Waals surface area contributed by atoms with Crippen molar-refractivity contribution in [1.82, 2.24) is 15.6 Å². The molecule has 1 fully saturated rings. The molecule has 4 N–H and O–H groups in total. The van der Waals surface area contributed by atoms with Crippen LogP contribution in [0.1, 0.15) is 23.3 Å². The highest BCUT2D eigenvalue weighted by atomic mass is 127. The second kappa shape index (κ2) is 12.0. The van der Waals surface area contributed by atoms with Crippen LogP contribution in [0.15, 0.2) is 40.8 Å². The number of hydrogen-bond donors (Lipinski definition) is 3. The number of guanidine groups is 1. The van der Waals surface area contributed by atoms with Crippen LogP contribution in [0.4, 0.5) is 5.82 Å². The third-order valence-corrected chi connectivity index (χ3v) is 5.84. The van der Waals surface area contributed by atoms with Gasteiger partial charge in [-0.3, -0.25) is 9.79 Å². The minimum Gasteiger partial charge on any atom is -0.369 e. The standard InChI is InChI=1S/C20H28N6OS.HI/c1-22-20(24-10-8-17-7-4-12-28-17)25-13-15-5-2-9-23-19(15)26-11-3-6-16(14-26)18(21)27;/h2,4-5,7,9,12,16H,3,6,8,10-11,13-14H2,1H3,(H2,21,27)(H2,22,24,25);1H. The van der Waals surface area contributed by atoms with Crippen LogP contribution in [0.5, 0.6) is 0 Å². The van der Waals surface area contributed by atoms with Crippen LogP contribution in [-0.2, 0) is 17.8 Å². The van der Waals surface area contributed by atoms with Gasteiger partial charge in [0.05, 0.1) is 5.92 Å². The molecule has 2 aromatic heterocycles. The Hall–Kier alpha value is -1.88. The van der Waals surface area contributed by atoms with Crippen molar-refractivity contribution in [3.05, 3.63) is 46.3 Å². The number of nitrogens with zero attached hydrogens (tertiary/aromatic N) is 3. The van der Waals surface area contributed by atoms with Crippen molar-refractivity contribution in [3.8, 4) is 0 Å². The molecule has 0 radical (unpaired) electrons. The number of nitrogens with two attached hydrogens (primary N) is 1. The van der Waals surface area contributed by atoms with E-state index in [2.05, 4.69) is 49.1 Å². The van der Waals surface area contributed by atoms with E-state index in [0.717, 1.165) is 49.7 Å². The highest BCUT2D eigenvalue weighted by Gasteiger charge is 2.25. The van der Waals surface area contributed by atoms with Crippen molar-refractivity contribution in [2.75, 3.05) is 31.6 Å². The summed E-state index contributed by atoms with van der Waals surface area (Å²) in [5.41, 5.74) is 6.60. The summed E-state index contributed by atoms with van der Waals surface area (Å²) in [6, 6.07) is 8.20. The Morgan fingerprint density at radius 2 is 2.24 bits per heavy atom. The van der Waals surface area contributed by atoms with Crippen LogP contribution >= 0.6 is 35.3 Å². The van der Waals surface area contributed by atoms with Gasteiger partial charge in [0.1, 0.15) is 5.82 Å². The zero-order valence-electron chi connectivity index (χ0n) is 16.6. The third kappa shape index (κ3) is 6.84. The Morgan fingerprint density at radius 3 is 2.97 bits per heavy atom. The molecule has 1 amide bonds. The maximum Gasteiger partial charge on any atom is 0.222 e. The summed E-state index contributed by atoms with van der Waals surface area (Å²) < 4.78 is 0. The lowest BCUT2D eigenvalue weighted by Gasteiger charge is -2.33. The van der Waals surface area contributed by atoms with Gasteiger partial charge in [0.2, 0.25) is 5.91 Å². The van der Waals surface area contributed by atoms with Gasteiger partial charge in [-0.15, -0.1) is 35.3 Å². The van der Waals surface area contributed by atoms with Crippen LogP contribution in [-0.4, -0.2) is 43.5 Å². The van der Waals surface area contributed by atoms with Crippen molar-refractivity contribution in [2.45, 2.75) is 25.8 Å². The van der Waals surface area contributed by atoms with E-state index in [1.54, 1.807) is 24.6 Å². The average Bonchev–Trinajstić information content (AvgIpc) is 3.24. The largest absolute Gasteiger partial charge is 0.369 e. The SMILES string of the molecule is CN=C(NCCc1cccs1)NCc1cccnc1N1CCCC(C(N)=O)C1.I. The van der Waals surface area contributed by atoms with Crippen LogP contribution < -0.4 is 21.3 Å². The molecule has 158 valence electrons. The molecule has 29 heavy (non-hydrogen) atoms. The second-order valence-corrected chi connectivity index (χ2v) is 7.89. The molecule has 1 aliphatic rings. The Balaban J connectivity index is 0.00000300. The molecule has 0 spiro atoms. The fourth-order valence-corrected chi connectivity index (χ4v) is 4.12. The normalized spacial score (nSPS) is 16.8. The Kier molecular flexibility index (Phi) is 9.65. The molecule has 0 bridgehead atoms. The predicted molar refractivity (Wildman–Crippen MR) is 130 cm³/mol. The number of pyridine rings is 1. The third-order valence-electron chi connectivity index (χ3n) is 4.90. The number of piperidine rings is 1. The van der Waals surface area contributed by atoms with Gasteiger partial charge in [0.15, 0.2) is 5.96 Å². The van der Waals surface area contributed by atoms with Gasteiger partial charge in [-0.2, -0.15) is 0 Å². The molecule has 0 aliphatic carbocycles. The first-order valence-corrected chi connectivity index (χ1v) is 10.5. The van der Waals surface area contributed by atoms with Crippen molar-refractivity contribution in [2.24, 2.45) is 16.6 Å². The number of aliphatic imine (C=N–C) groups is 1. The molecule has 2 aromatic rings. The number of primary amides is 1. The van der Waals surface area contributed by atoms with E-state index in [4.69, 9.17) is 5.73 Å². The summed E-state index contributed by atoms with van der Waals surface area (Å²) in [6.45, 7) is 2.96. The molecule has 0 saturated carbocycles. The number of carbonyl (C=O) groups excluding carboxylic acids is 1. The van der Waals surface area contributed by atoms with Crippen LogP contribution in [0, 0.1) is 5.92 Å². The molecule has 3 rings (SSSR count). The minimum absolute atomic E-state index is 0. The topological polar surface area (TPSA) is 95.6 Å². The summed E-state index contributed by atoms with van der Waals surface area (Å²) >= 11 is 1.77. The molecule has 1 aliphatic heterocycles. The number of nitrogens with one attached hydrogen (secondary N) is 2. The molecule has 3 heterocycles. The van der Waals surface area contributed by atoms with E-state index in [1.165, 1.54) is 4.88 Å². The number of anilines is 1. The van der Waals surface area contributed by atoms with Crippen molar-refractivity contribution in [1.29, 1.82) is 0 Å². The van der Waals surface area contributed by atoms with E-state index in [9.17, 15) is 4.79 Å². The van der Waals surface area contributed by atoms with E-state index in [1.807, 2.05) is 6.07 Å². The van der Waals surface area contributed by atoms with E-state index >= 15 is 0 Å². The first-order valence-electron chi connectivity index (χ1n) is 9.62. The van der Waals surface area contributed by atoms with Crippen LogP contribution in [0.25, 0.3) is 0 Å². The molecule has 1 saturated heterocycles. The quantitative estimate of drug-likeness (QED) is 0.292. The van der Waals surface area contributed by atoms with Crippen molar-refractivity contribution in [3.63, 3.8) is 0 Å². The molecule has 0 aromatic carbocycles. The van der Waals surface area contributed by atoms with E-state index in [0.29, 0.717) is 13.1 Å². The molecule has 7 nitrogen and oxygen atoms in total. The van der Waals surface area contributed by atoms with Gasteiger partial charge in [0.25, 0.3) is 0 Å². The molecule has 9 heteroatoms. The lowest BCUT2D eigenvalue weighted by atomic mass is 9.97.